The molecule has 18 heavy (non-hydrogen) atoms. The second-order valence-corrected chi connectivity index (χ2v) is 6.79. The largest absolute Gasteiger partial charge is 0.315 e. The molecule has 2 rings (SSSR count). The van der Waals surface area contributed by atoms with Crippen molar-refractivity contribution in [1.82, 2.24) is 10.0 Å². The molecular weight excluding hydrogens is 340 g/mol. The van der Waals surface area contributed by atoms with Crippen molar-refractivity contribution in [3.63, 3.8) is 0 Å². The van der Waals surface area contributed by atoms with Gasteiger partial charge >= 0.3 is 0 Å². The zero-order valence-electron chi connectivity index (χ0n) is 9.94. The van der Waals surface area contributed by atoms with Gasteiger partial charge < -0.3 is 5.32 Å². The van der Waals surface area contributed by atoms with Crippen LogP contribution in [-0.2, 0) is 10.0 Å². The average Bonchev–Trinajstić information content (AvgIpc) is 2.73. The third kappa shape index (κ3) is 3.68. The van der Waals surface area contributed by atoms with Gasteiger partial charge in [0.05, 0.1) is 4.90 Å². The van der Waals surface area contributed by atoms with E-state index in [2.05, 4.69) is 26.0 Å². The summed E-state index contributed by atoms with van der Waals surface area (Å²) in [6.07, 6.45) is 0.842. The standard InChI is InChI=1S/C11H15BrN2O2S.ClH/c1-8-6-10(2-3-11(8)12)17(15,16)14-9-4-5-13-7-9;/h2-3,6,9,13-14H,4-5,7H2,1H3;1H. The molecule has 1 atom stereocenters. The lowest BCUT2D eigenvalue weighted by Crippen LogP contribution is -2.36. The van der Waals surface area contributed by atoms with Crippen molar-refractivity contribution in [2.45, 2.75) is 24.3 Å². The molecule has 7 heteroatoms. The summed E-state index contributed by atoms with van der Waals surface area (Å²) in [4.78, 5) is 0.324. The molecule has 1 saturated heterocycles. The van der Waals surface area contributed by atoms with Gasteiger partial charge in [-0.15, -0.1) is 12.4 Å². The predicted molar refractivity (Wildman–Crippen MR) is 77.7 cm³/mol. The van der Waals surface area contributed by atoms with E-state index in [0.717, 1.165) is 23.0 Å². The molecule has 1 aromatic carbocycles. The van der Waals surface area contributed by atoms with Crippen LogP contribution in [0, 0.1) is 6.92 Å². The number of aryl methyl sites for hydroxylation is 1. The number of hydrogen-bond acceptors (Lipinski definition) is 3. The highest BCUT2D eigenvalue weighted by Gasteiger charge is 2.22. The molecule has 0 radical (unpaired) electrons. The number of halogens is 2. The minimum atomic E-state index is -3.39. The van der Waals surface area contributed by atoms with Crippen molar-refractivity contribution >= 4 is 38.4 Å². The van der Waals surface area contributed by atoms with Crippen LogP contribution in [0.1, 0.15) is 12.0 Å². The first-order chi connectivity index (χ1) is 7.99. The van der Waals surface area contributed by atoms with E-state index >= 15 is 0 Å². The van der Waals surface area contributed by atoms with E-state index in [1.807, 2.05) is 6.92 Å². The highest BCUT2D eigenvalue weighted by atomic mass is 79.9. The Morgan fingerprint density at radius 3 is 2.72 bits per heavy atom. The third-order valence-corrected chi connectivity index (χ3v) is 5.23. The predicted octanol–water partition coefficient (Wildman–Crippen LogP) is 1.82. The molecule has 1 fully saturated rings. The molecule has 0 bridgehead atoms. The highest BCUT2D eigenvalue weighted by Crippen LogP contribution is 2.20. The second kappa shape index (κ2) is 6.34. The van der Waals surface area contributed by atoms with Gasteiger partial charge in [-0.3, -0.25) is 0 Å². The van der Waals surface area contributed by atoms with Gasteiger partial charge in [0.25, 0.3) is 0 Å². The number of sulfonamides is 1. The van der Waals surface area contributed by atoms with Gasteiger partial charge in [0, 0.05) is 17.1 Å². The fourth-order valence-electron chi connectivity index (χ4n) is 1.83. The molecule has 0 amide bonds. The molecule has 0 aromatic heterocycles. The zero-order valence-corrected chi connectivity index (χ0v) is 13.2. The second-order valence-electron chi connectivity index (χ2n) is 4.22. The fourth-order valence-corrected chi connectivity index (χ4v) is 3.43. The molecular formula is C11H16BrClN2O2S. The Hall–Kier alpha value is -0.140. The summed E-state index contributed by atoms with van der Waals surface area (Å²) in [6, 6.07) is 5.05. The first-order valence-corrected chi connectivity index (χ1v) is 7.76. The molecule has 0 spiro atoms. The molecule has 102 valence electrons. The summed E-state index contributed by atoms with van der Waals surface area (Å²) < 4.78 is 27.8. The van der Waals surface area contributed by atoms with E-state index in [9.17, 15) is 8.42 Å². The zero-order chi connectivity index (χ0) is 12.5. The quantitative estimate of drug-likeness (QED) is 0.869. The fraction of sp³-hybridized carbons (Fsp3) is 0.455. The Bertz CT molecular complexity index is 516. The Labute approximate surface area is 122 Å². The average molecular weight is 356 g/mol. The van der Waals surface area contributed by atoms with Crippen LogP contribution in [0.3, 0.4) is 0 Å². The van der Waals surface area contributed by atoms with Gasteiger partial charge in [0.2, 0.25) is 10.0 Å². The maximum Gasteiger partial charge on any atom is 0.240 e. The minimum Gasteiger partial charge on any atom is -0.315 e. The van der Waals surface area contributed by atoms with Crippen molar-refractivity contribution in [3.05, 3.63) is 28.2 Å². The monoisotopic (exact) mass is 354 g/mol. The first kappa shape index (κ1) is 15.9. The number of benzene rings is 1. The topological polar surface area (TPSA) is 58.2 Å². The molecule has 1 aliphatic heterocycles. The molecule has 1 heterocycles. The number of nitrogens with one attached hydrogen (secondary N) is 2. The maximum absolute atomic E-state index is 12.1. The summed E-state index contributed by atoms with van der Waals surface area (Å²) in [5.74, 6) is 0. The minimum absolute atomic E-state index is 0. The van der Waals surface area contributed by atoms with Crippen LogP contribution >= 0.6 is 28.3 Å². The van der Waals surface area contributed by atoms with Crippen molar-refractivity contribution in [1.29, 1.82) is 0 Å². The Morgan fingerprint density at radius 1 is 1.44 bits per heavy atom. The summed E-state index contributed by atoms with van der Waals surface area (Å²) in [7, 11) is -3.39. The number of hydrogen-bond donors (Lipinski definition) is 2. The smallest absolute Gasteiger partial charge is 0.240 e. The van der Waals surface area contributed by atoms with Crippen LogP contribution in [0.2, 0.25) is 0 Å². The lowest BCUT2D eigenvalue weighted by atomic mass is 10.2. The van der Waals surface area contributed by atoms with Crippen LogP contribution in [0.5, 0.6) is 0 Å². The first-order valence-electron chi connectivity index (χ1n) is 5.48. The van der Waals surface area contributed by atoms with E-state index in [1.54, 1.807) is 18.2 Å². The lowest BCUT2D eigenvalue weighted by molar-refractivity contribution is 0.560. The highest BCUT2D eigenvalue weighted by molar-refractivity contribution is 9.10. The van der Waals surface area contributed by atoms with Crippen LogP contribution in [0.4, 0.5) is 0 Å². The Kier molecular flexibility index (Phi) is 5.61. The Balaban J connectivity index is 0.00000162. The van der Waals surface area contributed by atoms with E-state index in [0.29, 0.717) is 11.4 Å². The van der Waals surface area contributed by atoms with Crippen molar-refractivity contribution in [2.24, 2.45) is 0 Å². The molecule has 0 saturated carbocycles. The van der Waals surface area contributed by atoms with Crippen LogP contribution in [0.15, 0.2) is 27.6 Å². The summed E-state index contributed by atoms with van der Waals surface area (Å²) >= 11 is 3.36. The SMILES string of the molecule is Cc1cc(S(=O)(=O)NC2CCNC2)ccc1Br.Cl. The van der Waals surface area contributed by atoms with Crippen molar-refractivity contribution in [2.75, 3.05) is 13.1 Å². The summed E-state index contributed by atoms with van der Waals surface area (Å²) in [5, 5.41) is 3.13. The third-order valence-electron chi connectivity index (χ3n) is 2.82. The Morgan fingerprint density at radius 2 is 2.17 bits per heavy atom. The van der Waals surface area contributed by atoms with Crippen LogP contribution < -0.4 is 10.0 Å². The van der Waals surface area contributed by atoms with E-state index in [4.69, 9.17) is 0 Å². The lowest BCUT2D eigenvalue weighted by Gasteiger charge is -2.12. The molecule has 2 N–H and O–H groups in total. The van der Waals surface area contributed by atoms with Crippen molar-refractivity contribution in [3.8, 4) is 0 Å². The van der Waals surface area contributed by atoms with E-state index in [1.165, 1.54) is 0 Å². The molecule has 0 aliphatic carbocycles. The summed E-state index contributed by atoms with van der Waals surface area (Å²) in [5.41, 5.74) is 0.914. The van der Waals surface area contributed by atoms with Gasteiger partial charge in [-0.1, -0.05) is 15.9 Å². The van der Waals surface area contributed by atoms with E-state index < -0.39 is 10.0 Å². The molecule has 1 unspecified atom stereocenters. The van der Waals surface area contributed by atoms with Crippen LogP contribution in [-0.4, -0.2) is 27.5 Å². The van der Waals surface area contributed by atoms with Gasteiger partial charge in [0.1, 0.15) is 0 Å². The maximum atomic E-state index is 12.1. The van der Waals surface area contributed by atoms with Crippen LogP contribution in [0.25, 0.3) is 0 Å². The number of rotatable bonds is 3. The van der Waals surface area contributed by atoms with Gasteiger partial charge in [0.15, 0.2) is 0 Å². The van der Waals surface area contributed by atoms with Gasteiger partial charge in [-0.2, -0.15) is 0 Å². The summed E-state index contributed by atoms with van der Waals surface area (Å²) in [6.45, 7) is 3.45. The van der Waals surface area contributed by atoms with Gasteiger partial charge in [-0.05, 0) is 43.7 Å². The van der Waals surface area contributed by atoms with Gasteiger partial charge in [-0.25, -0.2) is 13.1 Å². The van der Waals surface area contributed by atoms with E-state index in [-0.39, 0.29) is 18.4 Å². The van der Waals surface area contributed by atoms with Crippen molar-refractivity contribution < 1.29 is 8.42 Å². The molecule has 1 aromatic rings. The normalized spacial score (nSPS) is 19.6. The molecule has 1 aliphatic rings. The molecule has 4 nitrogen and oxygen atoms in total.